The predicted octanol–water partition coefficient (Wildman–Crippen LogP) is -4.82. The third kappa shape index (κ3) is 4.45. The van der Waals surface area contributed by atoms with Gasteiger partial charge in [-0.05, 0) is 38.7 Å². The Labute approximate surface area is 289 Å². The van der Waals surface area contributed by atoms with Gasteiger partial charge in [-0.15, -0.1) is 0 Å². The molecule has 5 fully saturated rings. The average molecular weight is 731 g/mol. The van der Waals surface area contributed by atoms with E-state index < -0.39 is 144 Å². The smallest absolute Gasteiger partial charge is 0.351 e. The normalized spacial score (nSPS) is 50.0. The highest BCUT2D eigenvalue weighted by atomic mass is 16.7. The molecule has 0 amide bonds. The van der Waals surface area contributed by atoms with Crippen molar-refractivity contribution >= 4 is 23.7 Å². The molecule has 51 heavy (non-hydrogen) atoms. The van der Waals surface area contributed by atoms with Gasteiger partial charge in [-0.1, -0.05) is 12.5 Å². The van der Waals surface area contributed by atoms with Crippen molar-refractivity contribution < 1.29 is 93.6 Å². The van der Waals surface area contributed by atoms with Gasteiger partial charge < -0.3 is 74.4 Å². The summed E-state index contributed by atoms with van der Waals surface area (Å²) in [6, 6.07) is 0. The highest BCUT2D eigenvalue weighted by Crippen LogP contribution is 2.75. The van der Waals surface area contributed by atoms with Gasteiger partial charge >= 0.3 is 17.9 Å². The Morgan fingerprint density at radius 2 is 1.65 bits per heavy atom. The molecule has 3 heterocycles. The number of rotatable bonds is 6. The summed E-state index contributed by atoms with van der Waals surface area (Å²) < 4.78 is 32.7. The topological polar surface area (TPSA) is 306 Å². The van der Waals surface area contributed by atoms with Crippen molar-refractivity contribution in [2.45, 2.75) is 113 Å². The molecule has 2 saturated carbocycles. The Kier molecular flexibility index (Phi) is 9.04. The number of carbonyl (C=O) groups is 4. The molecule has 17 atom stereocenters. The summed E-state index contributed by atoms with van der Waals surface area (Å²) in [5.41, 5.74) is -10.7. The van der Waals surface area contributed by atoms with Crippen LogP contribution in [0.1, 0.15) is 34.1 Å². The lowest BCUT2D eigenvalue weighted by molar-refractivity contribution is -0.358. The number of methoxy groups -OCH3 is 1. The van der Waals surface area contributed by atoms with E-state index in [1.165, 1.54) is 27.7 Å². The van der Waals surface area contributed by atoms with E-state index in [0.717, 1.165) is 13.2 Å². The third-order valence-corrected chi connectivity index (χ3v) is 11.9. The number of aliphatic hydroxyl groups excluding tert-OH is 8. The highest BCUT2D eigenvalue weighted by Gasteiger charge is 2.95. The van der Waals surface area contributed by atoms with Crippen molar-refractivity contribution in [2.75, 3.05) is 13.7 Å². The maximum Gasteiger partial charge on any atom is 0.351 e. The molecule has 19 nitrogen and oxygen atoms in total. The molecule has 0 radical (unpaired) electrons. The Bertz CT molecular complexity index is 1570. The van der Waals surface area contributed by atoms with Crippen molar-refractivity contribution in [1.82, 2.24) is 0 Å². The Hall–Kier alpha value is -3.08. The molecule has 6 aliphatic rings. The van der Waals surface area contributed by atoms with Crippen LogP contribution in [0.15, 0.2) is 23.0 Å². The standard InChI is InChI=1S/C32H42O19/c1-9(2)6-14(34)49-24-25(42)48-13-7-11-10(3)20(50-26-17(37)16(36)15(35)12(8-33)47-26)18(38)22(40)29(11,4)21-19(39)23(41)31(28(44)46-5)32(24,45)30(13,21)27(43)51-31/h6,11-13,15-17,19,21-24,26-27,33,35-37,39-41,43,45H,7-8H2,1-5H3/t11-,12-,13-,15-,16+,17-,19-,21-,22-,23+,24+,26+,27?,29+,30-,31+,32+/m1/s1. The molecular formula is C32H42O19. The van der Waals surface area contributed by atoms with E-state index in [0.29, 0.717) is 5.57 Å². The molecule has 284 valence electrons. The zero-order valence-corrected chi connectivity index (χ0v) is 28.1. The third-order valence-electron chi connectivity index (χ3n) is 11.9. The van der Waals surface area contributed by atoms with Crippen LogP contribution in [0, 0.1) is 22.7 Å². The van der Waals surface area contributed by atoms with Gasteiger partial charge in [0.2, 0.25) is 23.8 Å². The molecule has 1 unspecified atom stereocenters. The van der Waals surface area contributed by atoms with E-state index in [4.69, 9.17) is 28.4 Å². The van der Waals surface area contributed by atoms with Crippen LogP contribution in [0.4, 0.5) is 0 Å². The molecule has 3 saturated heterocycles. The molecule has 2 bridgehead atoms. The molecule has 0 aromatic carbocycles. The van der Waals surface area contributed by atoms with Crippen LogP contribution >= 0.6 is 0 Å². The van der Waals surface area contributed by atoms with E-state index in [1.54, 1.807) is 0 Å². The minimum absolute atomic E-state index is 0.00351. The minimum atomic E-state index is -3.28. The Balaban J connectivity index is 1.54. The van der Waals surface area contributed by atoms with Gasteiger partial charge in [-0.3, -0.25) is 4.79 Å². The molecule has 3 aliphatic heterocycles. The Morgan fingerprint density at radius 3 is 2.24 bits per heavy atom. The van der Waals surface area contributed by atoms with Gasteiger partial charge in [-0.2, -0.15) is 0 Å². The Morgan fingerprint density at radius 1 is 1.00 bits per heavy atom. The van der Waals surface area contributed by atoms with Crippen molar-refractivity contribution in [3.63, 3.8) is 0 Å². The van der Waals surface area contributed by atoms with Crippen molar-refractivity contribution in [3.8, 4) is 0 Å². The number of ketones is 1. The average Bonchev–Trinajstić information content (AvgIpc) is 3.23. The van der Waals surface area contributed by atoms with Crippen molar-refractivity contribution in [3.05, 3.63) is 23.0 Å². The first kappa shape index (κ1) is 37.7. The first-order valence-electron chi connectivity index (χ1n) is 16.2. The van der Waals surface area contributed by atoms with E-state index in [9.17, 15) is 65.1 Å². The SMILES string of the molecule is COC(=O)[C@@]12OC(O)[C@]34[C@H]([C@@H](O)[C@@H]1O)[C@@]1(C)[C@H](O)C(=O)C(O[C@@H]5O[C@H](CO)[C@@H](O)[C@H](O)[C@H]5O)=C(C)[C@H]1C[C@H]3OC(=O)[C@H](OC(=O)C=C(C)C)[C@]42O. The summed E-state index contributed by atoms with van der Waals surface area (Å²) >= 11 is 0. The molecule has 0 aromatic rings. The summed E-state index contributed by atoms with van der Waals surface area (Å²) in [6.07, 6.45) is -22.1. The van der Waals surface area contributed by atoms with Gasteiger partial charge in [0.25, 0.3) is 0 Å². The predicted molar refractivity (Wildman–Crippen MR) is 159 cm³/mol. The number of allylic oxidation sites excluding steroid dienone is 2. The zero-order valence-electron chi connectivity index (χ0n) is 28.1. The first-order valence-corrected chi connectivity index (χ1v) is 16.2. The number of carbonyl (C=O) groups excluding carboxylic acids is 4. The number of aliphatic hydroxyl groups is 9. The fourth-order valence-corrected chi connectivity index (χ4v) is 9.76. The summed E-state index contributed by atoms with van der Waals surface area (Å²) in [7, 11) is 0.835. The second-order valence-electron chi connectivity index (χ2n) is 14.5. The fraction of sp³-hybridized carbons (Fsp3) is 0.750. The zero-order chi connectivity index (χ0) is 37.9. The van der Waals surface area contributed by atoms with Crippen LogP contribution in [0.25, 0.3) is 0 Å². The van der Waals surface area contributed by atoms with Gasteiger partial charge in [0, 0.05) is 17.4 Å². The van der Waals surface area contributed by atoms with Crippen molar-refractivity contribution in [1.29, 1.82) is 0 Å². The summed E-state index contributed by atoms with van der Waals surface area (Å²) in [5, 5.41) is 101. The van der Waals surface area contributed by atoms with Crippen LogP contribution in [0.2, 0.25) is 0 Å². The van der Waals surface area contributed by atoms with Crippen LogP contribution in [0.3, 0.4) is 0 Å². The van der Waals surface area contributed by atoms with E-state index in [-0.39, 0.29) is 5.57 Å². The van der Waals surface area contributed by atoms with Gasteiger partial charge in [0.1, 0.15) is 48.1 Å². The lowest BCUT2D eigenvalue weighted by atomic mass is 9.36. The minimum Gasteiger partial charge on any atom is -0.467 e. The monoisotopic (exact) mass is 730 g/mol. The van der Waals surface area contributed by atoms with Crippen LogP contribution < -0.4 is 0 Å². The van der Waals surface area contributed by atoms with E-state index in [1.807, 2.05) is 0 Å². The lowest BCUT2D eigenvalue weighted by Gasteiger charge is -2.70. The second-order valence-corrected chi connectivity index (χ2v) is 14.5. The van der Waals surface area contributed by atoms with Crippen LogP contribution in [-0.4, -0.2) is 162 Å². The number of hydrogen-bond acceptors (Lipinski definition) is 19. The molecule has 19 heteroatoms. The molecule has 3 aliphatic carbocycles. The van der Waals surface area contributed by atoms with E-state index in [2.05, 4.69) is 0 Å². The molecule has 0 aromatic heterocycles. The second kappa shape index (κ2) is 12.2. The maximum absolute atomic E-state index is 14.1. The number of fused-ring (bicyclic) bond motifs is 2. The number of Topliss-reactive ketones (excluding diaryl/α,β-unsaturated/α-hetero) is 1. The molecule has 9 N–H and O–H groups in total. The van der Waals surface area contributed by atoms with Gasteiger partial charge in [0.05, 0.1) is 19.8 Å². The van der Waals surface area contributed by atoms with E-state index >= 15 is 0 Å². The summed E-state index contributed by atoms with van der Waals surface area (Å²) in [4.78, 5) is 54.4. The fourth-order valence-electron chi connectivity index (χ4n) is 9.76. The quantitative estimate of drug-likeness (QED) is 0.0703. The molecular weight excluding hydrogens is 688 g/mol. The molecule has 6 rings (SSSR count). The summed E-state index contributed by atoms with van der Waals surface area (Å²) in [5.74, 6) is -9.08. The highest BCUT2D eigenvalue weighted by molar-refractivity contribution is 6.00. The number of ether oxygens (including phenoxy) is 6. The van der Waals surface area contributed by atoms with Crippen molar-refractivity contribution in [2.24, 2.45) is 22.7 Å². The van der Waals surface area contributed by atoms with Gasteiger partial charge in [-0.25, -0.2) is 14.4 Å². The number of esters is 3. The first-order chi connectivity index (χ1) is 23.7. The molecule has 1 spiro atoms. The van der Waals surface area contributed by atoms with Gasteiger partial charge in [0.15, 0.2) is 17.7 Å². The maximum atomic E-state index is 14.1. The summed E-state index contributed by atoms with van der Waals surface area (Å²) in [6.45, 7) is 4.86. The van der Waals surface area contributed by atoms with Crippen LogP contribution in [-0.2, 0) is 47.6 Å². The number of hydrogen-bond donors (Lipinski definition) is 9. The lowest BCUT2D eigenvalue weighted by Crippen LogP contribution is -2.89. The van der Waals surface area contributed by atoms with Crippen LogP contribution in [0.5, 0.6) is 0 Å². The largest absolute Gasteiger partial charge is 0.467 e.